The van der Waals surface area contributed by atoms with Crippen LogP contribution in [-0.4, -0.2) is 34.1 Å². The number of benzene rings is 4. The van der Waals surface area contributed by atoms with E-state index in [-0.39, 0.29) is 0 Å². The minimum Gasteiger partial charge on any atom is -0.503 e. The van der Waals surface area contributed by atoms with E-state index in [1.165, 1.54) is 12.2 Å². The van der Waals surface area contributed by atoms with Crippen molar-refractivity contribution in [2.45, 2.75) is 12.1 Å². The van der Waals surface area contributed by atoms with Gasteiger partial charge in [0.25, 0.3) is 11.8 Å². The summed E-state index contributed by atoms with van der Waals surface area (Å²) in [5.41, 5.74) is 3.83. The van der Waals surface area contributed by atoms with Gasteiger partial charge in [-0.05, 0) is 145 Å². The van der Waals surface area contributed by atoms with Crippen molar-refractivity contribution in [1.82, 2.24) is 10.6 Å². The summed E-state index contributed by atoms with van der Waals surface area (Å²) in [6, 6.07) is 23.3. The molecule has 4 aromatic carbocycles. The number of nitrogens with one attached hydrogen (secondary N) is 6. The molecular formula is C34H26I4N6O6. The molecule has 2 atom stereocenters. The molecular weight excluding hydrogens is 1100 g/mol. The van der Waals surface area contributed by atoms with Gasteiger partial charge in [-0.3, -0.25) is 9.59 Å². The number of rotatable bonds is 4. The molecule has 0 spiro atoms. The smallest absolute Gasteiger partial charge is 0.320 e. The number of aliphatic hydroxyl groups excluding tert-OH is 2. The predicted molar refractivity (Wildman–Crippen MR) is 225 cm³/mol. The molecule has 2 aliphatic heterocycles. The lowest BCUT2D eigenvalue weighted by molar-refractivity contribution is -0.115. The highest BCUT2D eigenvalue weighted by Gasteiger charge is 2.25. The van der Waals surface area contributed by atoms with Crippen molar-refractivity contribution >= 4 is 137 Å². The van der Waals surface area contributed by atoms with Crippen LogP contribution in [-0.2, 0) is 9.59 Å². The van der Waals surface area contributed by atoms with Crippen LogP contribution in [0, 0.1) is 14.3 Å². The van der Waals surface area contributed by atoms with Crippen LogP contribution >= 0.6 is 90.4 Å². The van der Waals surface area contributed by atoms with Gasteiger partial charge in [-0.1, -0.05) is 42.5 Å². The number of para-hydroxylation sites is 3. The predicted octanol–water partition coefficient (Wildman–Crippen LogP) is 8.31. The topological polar surface area (TPSA) is 181 Å². The average molecular weight is 1120 g/mol. The van der Waals surface area contributed by atoms with E-state index in [9.17, 15) is 29.4 Å². The van der Waals surface area contributed by atoms with Crippen LogP contribution < -0.4 is 31.9 Å². The molecule has 0 bridgehead atoms. The van der Waals surface area contributed by atoms with Gasteiger partial charge in [-0.15, -0.1) is 0 Å². The summed E-state index contributed by atoms with van der Waals surface area (Å²) >= 11 is 8.71. The maximum Gasteiger partial charge on any atom is 0.320 e. The standard InChI is InChI=1S/2C17H13I2N3O3/c18-10-5-3-6-11(19)15(10)22-17(25)21-13-8-14(23)16(24)20-12-7-2-1-4-9(12)13;18-11-6-5-9(7-12(11)19)20-17(25)22-14-8-15(23)16(24)21-13-4-2-1-3-10(13)14/h1-8,13,23H,(H,20,24)(H2,21,22,25);1-8,14,23H,(H,21,24)(H2,20,22,25). The summed E-state index contributed by atoms with van der Waals surface area (Å²) in [5, 5.41) is 36.1. The molecule has 2 unspecified atom stereocenters. The number of hydrogen-bond acceptors (Lipinski definition) is 6. The van der Waals surface area contributed by atoms with E-state index in [1.807, 2.05) is 36.4 Å². The van der Waals surface area contributed by atoms with Gasteiger partial charge in [-0.25, -0.2) is 9.59 Å². The number of amides is 6. The molecule has 0 saturated heterocycles. The fourth-order valence-corrected chi connectivity index (χ4v) is 7.45. The van der Waals surface area contributed by atoms with Crippen LogP contribution in [0.3, 0.4) is 0 Å². The van der Waals surface area contributed by atoms with Gasteiger partial charge in [0.15, 0.2) is 11.5 Å². The van der Waals surface area contributed by atoms with Crippen molar-refractivity contribution in [1.29, 1.82) is 0 Å². The molecule has 0 fully saturated rings. The molecule has 6 amide bonds. The highest BCUT2D eigenvalue weighted by Crippen LogP contribution is 2.30. The minimum atomic E-state index is -0.644. The van der Waals surface area contributed by atoms with Crippen LogP contribution in [0.2, 0.25) is 0 Å². The molecule has 12 nitrogen and oxygen atoms in total. The van der Waals surface area contributed by atoms with Crippen molar-refractivity contribution in [2.75, 3.05) is 21.3 Å². The number of hydrogen-bond donors (Lipinski definition) is 8. The summed E-state index contributed by atoms with van der Waals surface area (Å²) in [6.07, 6.45) is 2.64. The van der Waals surface area contributed by atoms with Gasteiger partial charge in [0.2, 0.25) is 0 Å². The fourth-order valence-electron chi connectivity index (χ4n) is 4.81. The summed E-state index contributed by atoms with van der Waals surface area (Å²) in [4.78, 5) is 48.4. The van der Waals surface area contributed by atoms with E-state index in [1.54, 1.807) is 48.5 Å². The van der Waals surface area contributed by atoms with E-state index in [2.05, 4.69) is 122 Å². The van der Waals surface area contributed by atoms with Crippen LogP contribution in [0.4, 0.5) is 32.3 Å². The third-order valence-electron chi connectivity index (χ3n) is 7.15. The second-order valence-corrected chi connectivity index (χ2v) is 15.2. The minimum absolute atomic E-state index is 0.430. The monoisotopic (exact) mass is 1120 g/mol. The van der Waals surface area contributed by atoms with Crippen LogP contribution in [0.5, 0.6) is 0 Å². The Morgan fingerprint density at radius 3 is 1.56 bits per heavy atom. The molecule has 256 valence electrons. The van der Waals surface area contributed by atoms with Crippen molar-refractivity contribution in [3.63, 3.8) is 0 Å². The van der Waals surface area contributed by atoms with Gasteiger partial charge in [0, 0.05) is 42.5 Å². The number of carbonyl (C=O) groups is 4. The third-order valence-corrected chi connectivity index (χ3v) is 11.8. The van der Waals surface area contributed by atoms with E-state index < -0.39 is 47.5 Å². The van der Waals surface area contributed by atoms with E-state index in [4.69, 9.17) is 0 Å². The normalized spacial score (nSPS) is 16.2. The van der Waals surface area contributed by atoms with E-state index in [0.717, 1.165) is 14.3 Å². The van der Waals surface area contributed by atoms with Crippen LogP contribution in [0.15, 0.2) is 109 Å². The Hall–Kier alpha value is -3.64. The number of carbonyl (C=O) groups excluding carboxylic acids is 4. The van der Waals surface area contributed by atoms with Gasteiger partial charge in [-0.2, -0.15) is 0 Å². The molecule has 6 rings (SSSR count). The van der Waals surface area contributed by atoms with Crippen molar-refractivity contribution < 1.29 is 29.4 Å². The van der Waals surface area contributed by atoms with Gasteiger partial charge >= 0.3 is 12.1 Å². The number of aliphatic hydroxyl groups is 2. The largest absolute Gasteiger partial charge is 0.503 e. The summed E-state index contributed by atoms with van der Waals surface area (Å²) in [5.74, 6) is -2.09. The van der Waals surface area contributed by atoms with Gasteiger partial charge in [0.05, 0.1) is 17.8 Å². The summed E-state index contributed by atoms with van der Waals surface area (Å²) < 4.78 is 3.95. The molecule has 0 radical (unpaired) electrons. The number of urea groups is 2. The van der Waals surface area contributed by atoms with Gasteiger partial charge in [0.1, 0.15) is 0 Å². The first-order valence-electron chi connectivity index (χ1n) is 14.6. The molecule has 0 aliphatic carbocycles. The lowest BCUT2D eigenvalue weighted by Gasteiger charge is -2.18. The molecule has 16 heteroatoms. The van der Waals surface area contributed by atoms with Crippen LogP contribution in [0.1, 0.15) is 23.2 Å². The second-order valence-electron chi connectivity index (χ2n) is 10.6. The zero-order valence-electron chi connectivity index (χ0n) is 25.4. The summed E-state index contributed by atoms with van der Waals surface area (Å²) in [7, 11) is 0. The maximum absolute atomic E-state index is 12.5. The molecule has 4 aromatic rings. The first-order valence-corrected chi connectivity index (χ1v) is 18.9. The zero-order valence-corrected chi connectivity index (χ0v) is 34.1. The molecule has 2 aliphatic rings. The lowest BCUT2D eigenvalue weighted by Crippen LogP contribution is -2.32. The Balaban J connectivity index is 0.000000194. The Morgan fingerprint density at radius 1 is 0.580 bits per heavy atom. The lowest BCUT2D eigenvalue weighted by atomic mass is 10.1. The fraction of sp³-hybridized carbons (Fsp3) is 0.0588. The highest BCUT2D eigenvalue weighted by atomic mass is 127. The molecule has 0 saturated carbocycles. The molecule has 8 N–H and O–H groups in total. The number of fused-ring (bicyclic) bond motifs is 2. The highest BCUT2D eigenvalue weighted by molar-refractivity contribution is 14.1. The Kier molecular flexibility index (Phi) is 12.8. The Bertz CT molecular complexity index is 2040. The summed E-state index contributed by atoms with van der Waals surface area (Å²) in [6.45, 7) is 0. The number of halogens is 4. The Labute approximate surface area is 340 Å². The quantitative estimate of drug-likeness (QED) is 0.0953. The van der Waals surface area contributed by atoms with E-state index in [0.29, 0.717) is 33.9 Å². The molecule has 2 heterocycles. The first-order chi connectivity index (χ1) is 23.9. The van der Waals surface area contributed by atoms with Crippen LogP contribution in [0.25, 0.3) is 0 Å². The molecule has 0 aromatic heterocycles. The second kappa shape index (κ2) is 17.0. The zero-order chi connectivity index (χ0) is 35.9. The Morgan fingerprint density at radius 2 is 1.06 bits per heavy atom. The molecule has 50 heavy (non-hydrogen) atoms. The SMILES string of the molecule is O=C(Nc1c(I)cccc1I)NC1C=C(O)C(=O)Nc2ccccc21.O=C(Nc1ccc(I)c(I)c1)NC1C=C(O)C(=O)Nc2ccccc21. The third kappa shape index (κ3) is 9.57. The van der Waals surface area contributed by atoms with E-state index >= 15 is 0 Å². The average Bonchev–Trinajstić information content (AvgIpc) is 3.27. The van der Waals surface area contributed by atoms with Crippen molar-refractivity contribution in [2.24, 2.45) is 0 Å². The van der Waals surface area contributed by atoms with Gasteiger partial charge < -0.3 is 42.1 Å². The van der Waals surface area contributed by atoms with Crippen molar-refractivity contribution in [3.8, 4) is 0 Å². The first kappa shape index (κ1) is 37.6. The van der Waals surface area contributed by atoms with Crippen molar-refractivity contribution in [3.05, 3.63) is 134 Å². The number of anilines is 4. The maximum atomic E-state index is 12.5.